The topological polar surface area (TPSA) is 91.4 Å². The Hall–Kier alpha value is -3.94. The van der Waals surface area contributed by atoms with Crippen LogP contribution in [-0.2, 0) is 16.7 Å². The van der Waals surface area contributed by atoms with Crippen LogP contribution in [0.3, 0.4) is 0 Å². The summed E-state index contributed by atoms with van der Waals surface area (Å²) in [5.41, 5.74) is 8.74. The van der Waals surface area contributed by atoms with Crippen molar-refractivity contribution in [3.05, 3.63) is 124 Å². The quantitative estimate of drug-likeness (QED) is 0.260. The fourth-order valence-corrected chi connectivity index (χ4v) is 5.81. The lowest BCUT2D eigenvalue weighted by Gasteiger charge is -2.38. The first-order valence-electron chi connectivity index (χ1n) is 14.0. The summed E-state index contributed by atoms with van der Waals surface area (Å²) in [5.74, 6) is 1.64. The van der Waals surface area contributed by atoms with Gasteiger partial charge in [0.1, 0.15) is 23.3 Å². The van der Waals surface area contributed by atoms with Gasteiger partial charge in [-0.15, -0.1) is 0 Å². The van der Waals surface area contributed by atoms with Gasteiger partial charge in [0.25, 0.3) is 0 Å². The van der Waals surface area contributed by atoms with Crippen molar-refractivity contribution in [2.45, 2.75) is 51.0 Å². The highest BCUT2D eigenvalue weighted by Crippen LogP contribution is 2.41. The van der Waals surface area contributed by atoms with Gasteiger partial charge in [-0.3, -0.25) is 4.57 Å². The average Bonchev–Trinajstić information content (AvgIpc) is 3.38. The van der Waals surface area contributed by atoms with E-state index in [1.54, 1.807) is 11.7 Å². The minimum atomic E-state index is -0.852. The number of nitrogens with one attached hydrogen (secondary N) is 1. The summed E-state index contributed by atoms with van der Waals surface area (Å²) in [6, 6.07) is 28.4. The molecule has 0 spiro atoms. The lowest BCUT2D eigenvalue weighted by atomic mass is 9.77. The second-order valence-corrected chi connectivity index (χ2v) is 10.4. The third-order valence-corrected chi connectivity index (χ3v) is 7.94. The molecule has 1 aliphatic heterocycles. The van der Waals surface area contributed by atoms with Crippen LogP contribution in [0.2, 0.25) is 0 Å². The summed E-state index contributed by atoms with van der Waals surface area (Å²) in [6.07, 6.45) is 3.92. The molecule has 0 bridgehead atoms. The lowest BCUT2D eigenvalue weighted by molar-refractivity contribution is -0.00760. The summed E-state index contributed by atoms with van der Waals surface area (Å²) >= 11 is 0. The Morgan fingerprint density at radius 3 is 2.12 bits per heavy atom. The number of hydrogen-bond donors (Lipinski definition) is 2. The number of rotatable bonds is 10. The van der Waals surface area contributed by atoms with Crippen LogP contribution in [0, 0.1) is 5.92 Å². The van der Waals surface area contributed by atoms with Crippen molar-refractivity contribution < 1.29 is 9.47 Å². The summed E-state index contributed by atoms with van der Waals surface area (Å²) in [7, 11) is 1.66. The molecule has 208 valence electrons. The predicted molar refractivity (Wildman–Crippen MR) is 159 cm³/mol. The van der Waals surface area contributed by atoms with Gasteiger partial charge in [0, 0.05) is 11.8 Å². The van der Waals surface area contributed by atoms with Crippen molar-refractivity contribution in [1.29, 1.82) is 0 Å². The predicted octanol–water partition coefficient (Wildman–Crippen LogP) is 5.49. The van der Waals surface area contributed by atoms with E-state index in [9.17, 15) is 4.79 Å². The van der Waals surface area contributed by atoms with Crippen molar-refractivity contribution >= 4 is 5.82 Å². The van der Waals surface area contributed by atoms with Crippen molar-refractivity contribution in [3.63, 3.8) is 0 Å². The Bertz CT molecular complexity index is 1420. The first kappa shape index (κ1) is 27.6. The van der Waals surface area contributed by atoms with Crippen molar-refractivity contribution in [3.8, 4) is 5.75 Å². The van der Waals surface area contributed by atoms with Crippen LogP contribution in [0.15, 0.2) is 95.9 Å². The largest absolute Gasteiger partial charge is 0.497 e. The molecule has 4 aromatic rings. The van der Waals surface area contributed by atoms with E-state index in [0.717, 1.165) is 40.8 Å². The molecule has 5 rings (SSSR count). The summed E-state index contributed by atoms with van der Waals surface area (Å²) in [6.45, 7) is 4.70. The monoisotopic (exact) mass is 538 g/mol. The molecule has 40 heavy (non-hydrogen) atoms. The normalized spacial score (nSPS) is 18.9. The van der Waals surface area contributed by atoms with Crippen molar-refractivity contribution in [2.24, 2.45) is 11.7 Å². The van der Waals surface area contributed by atoms with E-state index >= 15 is 0 Å². The van der Waals surface area contributed by atoms with Crippen LogP contribution in [0.25, 0.3) is 0 Å². The van der Waals surface area contributed by atoms with Crippen molar-refractivity contribution in [1.82, 2.24) is 9.55 Å². The number of nitrogens with two attached hydrogens (primary N) is 1. The maximum absolute atomic E-state index is 13.5. The van der Waals surface area contributed by atoms with E-state index in [1.165, 1.54) is 0 Å². The molecule has 0 unspecified atom stereocenters. The number of anilines is 1. The highest BCUT2D eigenvalue weighted by Gasteiger charge is 2.38. The Kier molecular flexibility index (Phi) is 8.33. The molecule has 3 N–H and O–H groups in total. The molecular weight excluding hydrogens is 500 g/mol. The Morgan fingerprint density at radius 2 is 1.60 bits per heavy atom. The van der Waals surface area contributed by atoms with Gasteiger partial charge in [0.15, 0.2) is 0 Å². The van der Waals surface area contributed by atoms with Gasteiger partial charge < -0.3 is 20.5 Å². The number of benzene rings is 3. The highest BCUT2D eigenvalue weighted by molar-refractivity contribution is 5.60. The summed E-state index contributed by atoms with van der Waals surface area (Å²) in [4.78, 5) is 18.2. The molecule has 3 aromatic carbocycles. The minimum absolute atomic E-state index is 0.131. The third-order valence-electron chi connectivity index (χ3n) is 7.94. The molecule has 1 aliphatic rings. The molecule has 7 heteroatoms. The Labute approximate surface area is 236 Å². The molecule has 0 aliphatic carbocycles. The van der Waals surface area contributed by atoms with Crippen LogP contribution in [0.5, 0.6) is 5.75 Å². The second-order valence-electron chi connectivity index (χ2n) is 10.4. The Morgan fingerprint density at radius 1 is 1.00 bits per heavy atom. The Balaban J connectivity index is 1.69. The molecule has 0 radical (unpaired) electrons. The van der Waals surface area contributed by atoms with Gasteiger partial charge in [-0.1, -0.05) is 86.6 Å². The molecule has 1 aromatic heterocycles. The number of aromatic nitrogens is 2. The van der Waals surface area contributed by atoms with Crippen LogP contribution in [0.1, 0.15) is 55.2 Å². The minimum Gasteiger partial charge on any atom is -0.497 e. The van der Waals surface area contributed by atoms with Gasteiger partial charge in [-0.25, -0.2) is 4.79 Å². The zero-order valence-corrected chi connectivity index (χ0v) is 23.4. The summed E-state index contributed by atoms with van der Waals surface area (Å²) < 4.78 is 13.4. The molecule has 0 saturated carbocycles. The van der Waals surface area contributed by atoms with Crippen molar-refractivity contribution in [2.75, 3.05) is 19.0 Å². The van der Waals surface area contributed by atoms with Crippen LogP contribution < -0.4 is 21.5 Å². The zero-order chi connectivity index (χ0) is 28.1. The van der Waals surface area contributed by atoms with E-state index in [0.29, 0.717) is 24.7 Å². The van der Waals surface area contributed by atoms with E-state index in [1.807, 2.05) is 66.9 Å². The van der Waals surface area contributed by atoms with E-state index in [-0.39, 0.29) is 18.0 Å². The molecule has 0 amide bonds. The number of nitrogens with zero attached hydrogens (tertiary/aromatic N) is 2. The molecule has 1 saturated heterocycles. The van der Waals surface area contributed by atoms with Gasteiger partial charge in [0.2, 0.25) is 0 Å². The fraction of sp³-hybridized carbons (Fsp3) is 0.333. The number of methoxy groups -OCH3 is 1. The molecule has 2 heterocycles. The maximum Gasteiger partial charge on any atom is 0.351 e. The number of hydrogen-bond acceptors (Lipinski definition) is 6. The van der Waals surface area contributed by atoms with Gasteiger partial charge >= 0.3 is 5.69 Å². The fourth-order valence-electron chi connectivity index (χ4n) is 5.81. The smallest absolute Gasteiger partial charge is 0.351 e. The SMILES string of the molecule is CC[C@H]1O[C@@H](n2cc(CCN)c(NC(c3ccccc3)(c3ccccc3)c3ccc(OC)cc3)nc2=O)C[C@@H]1C. The second kappa shape index (κ2) is 12.1. The van der Waals surface area contributed by atoms with Gasteiger partial charge in [-0.2, -0.15) is 4.98 Å². The standard InChI is InChI=1S/C33H38N4O3/c1-4-29-23(2)21-30(40-29)37-22-24(19-20-34)31(35-32(37)38)36-33(25-11-7-5-8-12-25,26-13-9-6-10-14-26)27-15-17-28(39-3)18-16-27/h5-18,22-23,29-30H,4,19-21,34H2,1-3H3,(H,35,36,38)/t23-,29+,30+/m0/s1. The molecular formula is C33H38N4O3. The van der Waals surface area contributed by atoms with E-state index < -0.39 is 5.54 Å². The zero-order valence-electron chi connectivity index (χ0n) is 23.4. The summed E-state index contributed by atoms with van der Waals surface area (Å²) in [5, 5.41) is 3.76. The molecule has 1 fully saturated rings. The van der Waals surface area contributed by atoms with Crippen LogP contribution >= 0.6 is 0 Å². The van der Waals surface area contributed by atoms with E-state index in [4.69, 9.17) is 15.2 Å². The highest BCUT2D eigenvalue weighted by atomic mass is 16.5. The average molecular weight is 539 g/mol. The molecule has 7 nitrogen and oxygen atoms in total. The molecule has 3 atom stereocenters. The first-order valence-corrected chi connectivity index (χ1v) is 14.0. The van der Waals surface area contributed by atoms with Gasteiger partial charge in [-0.05, 0) is 60.5 Å². The van der Waals surface area contributed by atoms with Gasteiger partial charge in [0.05, 0.1) is 13.2 Å². The maximum atomic E-state index is 13.5. The third kappa shape index (κ3) is 5.27. The first-order chi connectivity index (χ1) is 19.5. The number of ether oxygens (including phenoxy) is 2. The van der Waals surface area contributed by atoms with Crippen LogP contribution in [0.4, 0.5) is 5.82 Å². The van der Waals surface area contributed by atoms with E-state index in [2.05, 4.69) is 48.4 Å². The van der Waals surface area contributed by atoms with Crippen LogP contribution in [-0.4, -0.2) is 29.3 Å². The lowest BCUT2D eigenvalue weighted by Crippen LogP contribution is -2.40.